The fourth-order valence-electron chi connectivity index (χ4n) is 3.65. The Kier molecular flexibility index (Phi) is 5.34. The Balaban J connectivity index is 1.68. The number of fused-ring (bicyclic) bond motifs is 1. The highest BCUT2D eigenvalue weighted by Gasteiger charge is 2.37. The summed E-state index contributed by atoms with van der Waals surface area (Å²) in [4.78, 5) is 9.27. The number of hydrogen-bond acceptors (Lipinski definition) is 4. The van der Waals surface area contributed by atoms with Crippen LogP contribution < -0.4 is 4.31 Å². The normalized spacial score (nSPS) is 14.4. The predicted octanol–water partition coefficient (Wildman–Crippen LogP) is 6.48. The maximum Gasteiger partial charge on any atom is 0.267 e. The molecular formula is C23H14Cl3N3O2S. The summed E-state index contributed by atoms with van der Waals surface area (Å²) in [6.07, 6.45) is 1.61. The molecule has 1 aromatic heterocycles. The summed E-state index contributed by atoms with van der Waals surface area (Å²) < 4.78 is 27.5. The number of halogens is 3. The Labute approximate surface area is 200 Å². The van der Waals surface area contributed by atoms with Gasteiger partial charge in [-0.15, -0.1) is 0 Å². The molecule has 0 unspecified atom stereocenters. The van der Waals surface area contributed by atoms with E-state index in [-0.39, 0.29) is 17.4 Å². The van der Waals surface area contributed by atoms with Gasteiger partial charge in [-0.05, 0) is 47.5 Å². The van der Waals surface area contributed by atoms with Crippen molar-refractivity contribution in [3.05, 3.63) is 93.6 Å². The number of rotatable bonds is 3. The molecule has 0 aliphatic carbocycles. The van der Waals surface area contributed by atoms with Crippen LogP contribution in [0.4, 0.5) is 5.95 Å². The lowest BCUT2D eigenvalue weighted by Crippen LogP contribution is -2.26. The predicted molar refractivity (Wildman–Crippen MR) is 128 cm³/mol. The maximum absolute atomic E-state index is 13.2. The Morgan fingerprint density at radius 1 is 0.844 bits per heavy atom. The molecule has 0 radical (unpaired) electrons. The molecule has 5 rings (SSSR count). The minimum absolute atomic E-state index is 0.0601. The van der Waals surface area contributed by atoms with Crippen molar-refractivity contribution in [2.45, 2.75) is 11.4 Å². The molecule has 1 aliphatic heterocycles. The van der Waals surface area contributed by atoms with E-state index in [1.165, 1.54) is 10.4 Å². The van der Waals surface area contributed by atoms with Crippen LogP contribution in [0.2, 0.25) is 15.1 Å². The number of sulfonamides is 1. The van der Waals surface area contributed by atoms with E-state index in [1.54, 1.807) is 36.5 Å². The van der Waals surface area contributed by atoms with E-state index in [0.717, 1.165) is 5.56 Å². The quantitative estimate of drug-likeness (QED) is 0.322. The molecule has 0 spiro atoms. The van der Waals surface area contributed by atoms with Gasteiger partial charge >= 0.3 is 0 Å². The summed E-state index contributed by atoms with van der Waals surface area (Å²) in [6, 6.07) is 19.2. The number of aromatic nitrogens is 2. The zero-order chi connectivity index (χ0) is 22.5. The molecule has 0 atom stereocenters. The molecule has 0 saturated carbocycles. The molecular weight excluding hydrogens is 489 g/mol. The number of anilines is 1. The van der Waals surface area contributed by atoms with Gasteiger partial charge in [0.25, 0.3) is 10.0 Å². The van der Waals surface area contributed by atoms with E-state index in [2.05, 4.69) is 9.97 Å². The first-order valence-electron chi connectivity index (χ1n) is 9.53. The lowest BCUT2D eigenvalue weighted by molar-refractivity contribution is 0.595. The van der Waals surface area contributed by atoms with Gasteiger partial charge in [0.05, 0.1) is 17.1 Å². The van der Waals surface area contributed by atoms with Crippen LogP contribution in [0.25, 0.3) is 22.4 Å². The first-order valence-corrected chi connectivity index (χ1v) is 12.1. The Bertz CT molecular complexity index is 1460. The van der Waals surface area contributed by atoms with E-state index < -0.39 is 10.0 Å². The minimum atomic E-state index is -3.81. The number of nitrogens with zero attached hydrogens (tertiary/aromatic N) is 3. The van der Waals surface area contributed by atoms with Gasteiger partial charge in [0.2, 0.25) is 5.95 Å². The zero-order valence-corrected chi connectivity index (χ0v) is 19.4. The van der Waals surface area contributed by atoms with E-state index in [9.17, 15) is 8.42 Å². The van der Waals surface area contributed by atoms with Crippen molar-refractivity contribution in [3.8, 4) is 22.4 Å². The second-order valence-electron chi connectivity index (χ2n) is 7.18. The third kappa shape index (κ3) is 3.63. The highest BCUT2D eigenvalue weighted by atomic mass is 35.5. The van der Waals surface area contributed by atoms with Gasteiger partial charge in [0, 0.05) is 32.4 Å². The van der Waals surface area contributed by atoms with Crippen LogP contribution in [0.5, 0.6) is 0 Å². The van der Waals surface area contributed by atoms with Crippen molar-refractivity contribution in [2.24, 2.45) is 0 Å². The van der Waals surface area contributed by atoms with Crippen LogP contribution >= 0.6 is 34.8 Å². The van der Waals surface area contributed by atoms with Crippen molar-refractivity contribution in [1.29, 1.82) is 0 Å². The maximum atomic E-state index is 13.2. The lowest BCUT2D eigenvalue weighted by atomic mass is 10.0. The molecule has 4 aromatic rings. The molecule has 1 aliphatic rings. The summed E-state index contributed by atoms with van der Waals surface area (Å²) in [5.41, 5.74) is 3.32. The highest BCUT2D eigenvalue weighted by molar-refractivity contribution is 7.93. The first-order chi connectivity index (χ1) is 15.3. The Hall–Kier alpha value is -2.64. The third-order valence-corrected chi connectivity index (χ3v) is 7.83. The van der Waals surface area contributed by atoms with Gasteiger partial charge in [0.1, 0.15) is 0 Å². The number of benzene rings is 3. The van der Waals surface area contributed by atoms with Crippen molar-refractivity contribution in [2.75, 3.05) is 4.31 Å². The average molecular weight is 503 g/mol. The fraction of sp³-hybridized carbons (Fsp3) is 0.0435. The summed E-state index contributed by atoms with van der Waals surface area (Å²) in [6.45, 7) is 0.0977. The Morgan fingerprint density at radius 2 is 1.56 bits per heavy atom. The lowest BCUT2D eigenvalue weighted by Gasteiger charge is -2.18. The van der Waals surface area contributed by atoms with Crippen LogP contribution in [-0.4, -0.2) is 18.4 Å². The third-order valence-electron chi connectivity index (χ3n) is 5.19. The SMILES string of the molecule is O=S1(=O)c2ccc(Cl)cc2CN1c1ncc(-c2ccc(Cl)cc2)c(-c2ccccc2Cl)n1. The van der Waals surface area contributed by atoms with Crippen molar-refractivity contribution in [3.63, 3.8) is 0 Å². The molecule has 0 bridgehead atoms. The zero-order valence-electron chi connectivity index (χ0n) is 16.3. The summed E-state index contributed by atoms with van der Waals surface area (Å²) >= 11 is 18.6. The average Bonchev–Trinajstić information content (AvgIpc) is 3.04. The van der Waals surface area contributed by atoms with Gasteiger partial charge in [-0.25, -0.2) is 22.7 Å². The molecule has 0 amide bonds. The molecule has 0 saturated heterocycles. The van der Waals surface area contributed by atoms with Crippen LogP contribution in [0, 0.1) is 0 Å². The van der Waals surface area contributed by atoms with Crippen LogP contribution in [0.1, 0.15) is 5.56 Å². The molecule has 160 valence electrons. The molecule has 0 N–H and O–H groups in total. The fourth-order valence-corrected chi connectivity index (χ4v) is 5.74. The van der Waals surface area contributed by atoms with E-state index in [0.29, 0.717) is 37.5 Å². The van der Waals surface area contributed by atoms with Gasteiger partial charge < -0.3 is 0 Å². The van der Waals surface area contributed by atoms with Gasteiger partial charge in [-0.2, -0.15) is 0 Å². The Morgan fingerprint density at radius 3 is 2.31 bits per heavy atom. The van der Waals surface area contributed by atoms with Gasteiger partial charge in [-0.1, -0.05) is 65.1 Å². The van der Waals surface area contributed by atoms with Crippen LogP contribution in [0.15, 0.2) is 77.8 Å². The van der Waals surface area contributed by atoms with Crippen molar-refractivity contribution >= 4 is 50.8 Å². The first kappa shape index (κ1) is 21.2. The topological polar surface area (TPSA) is 63.2 Å². The number of hydrogen-bond donors (Lipinski definition) is 0. The standard InChI is InChI=1S/C23H14Cl3N3O2S/c24-16-7-5-14(6-8-16)19-12-27-23(28-22(19)18-3-1-2-4-20(18)26)29-13-15-11-17(25)9-10-21(15)32(29,30)31/h1-12H,13H2. The van der Waals surface area contributed by atoms with Gasteiger partial charge in [0.15, 0.2) is 0 Å². The monoisotopic (exact) mass is 501 g/mol. The molecule has 5 nitrogen and oxygen atoms in total. The molecule has 0 fully saturated rings. The van der Waals surface area contributed by atoms with Crippen LogP contribution in [-0.2, 0) is 16.6 Å². The molecule has 3 aromatic carbocycles. The molecule has 9 heteroatoms. The van der Waals surface area contributed by atoms with Gasteiger partial charge in [-0.3, -0.25) is 0 Å². The summed E-state index contributed by atoms with van der Waals surface area (Å²) in [5.74, 6) is 0.0601. The second kappa shape index (κ2) is 8.05. The summed E-state index contributed by atoms with van der Waals surface area (Å²) in [7, 11) is -3.81. The molecule has 2 heterocycles. The minimum Gasteiger partial charge on any atom is -0.229 e. The largest absolute Gasteiger partial charge is 0.267 e. The second-order valence-corrected chi connectivity index (χ2v) is 10.3. The molecule has 32 heavy (non-hydrogen) atoms. The van der Waals surface area contributed by atoms with Crippen LogP contribution in [0.3, 0.4) is 0 Å². The van der Waals surface area contributed by atoms with E-state index >= 15 is 0 Å². The smallest absolute Gasteiger partial charge is 0.229 e. The van der Waals surface area contributed by atoms with Crippen molar-refractivity contribution in [1.82, 2.24) is 9.97 Å². The highest BCUT2D eigenvalue weighted by Crippen LogP contribution is 2.39. The van der Waals surface area contributed by atoms with Crippen molar-refractivity contribution < 1.29 is 8.42 Å². The summed E-state index contributed by atoms with van der Waals surface area (Å²) in [5, 5.41) is 1.56. The van der Waals surface area contributed by atoms with E-state index in [1.807, 2.05) is 30.3 Å². The van der Waals surface area contributed by atoms with E-state index in [4.69, 9.17) is 34.8 Å².